The molecule has 0 saturated carbocycles. The molecule has 0 aliphatic carbocycles. The topological polar surface area (TPSA) is 90.2 Å². The van der Waals surface area contributed by atoms with Crippen LogP contribution in [0.4, 0.5) is 17.1 Å². The predicted molar refractivity (Wildman–Crippen MR) is 122 cm³/mol. The van der Waals surface area contributed by atoms with E-state index in [1.165, 1.54) is 29.2 Å². The molecule has 32 heavy (non-hydrogen) atoms. The summed E-state index contributed by atoms with van der Waals surface area (Å²) in [4.78, 5) is 45.0. The highest BCUT2D eigenvalue weighted by atomic mass is 16.6. The van der Waals surface area contributed by atoms with Crippen LogP contribution in [0.25, 0.3) is 5.57 Å². The third-order valence-corrected chi connectivity index (χ3v) is 5.85. The maximum atomic E-state index is 13.6. The minimum Gasteiger partial charge on any atom is -0.378 e. The Hall–Kier alpha value is -3.72. The quantitative estimate of drug-likeness (QED) is 0.404. The van der Waals surface area contributed by atoms with Gasteiger partial charge in [-0.05, 0) is 42.9 Å². The molecule has 2 aromatic carbocycles. The lowest BCUT2D eigenvalue weighted by atomic mass is 10.0. The Balaban J connectivity index is 1.80. The van der Waals surface area contributed by atoms with E-state index < -0.39 is 10.8 Å². The first kappa shape index (κ1) is 21.5. The summed E-state index contributed by atoms with van der Waals surface area (Å²) in [6, 6.07) is 13.0. The number of nitrogens with zero attached hydrogens (tertiary/aromatic N) is 5. The van der Waals surface area contributed by atoms with Gasteiger partial charge >= 0.3 is 0 Å². The molecule has 0 atom stereocenters. The number of nitro benzene ring substituents is 1. The van der Waals surface area contributed by atoms with E-state index >= 15 is 0 Å². The van der Waals surface area contributed by atoms with E-state index in [1.807, 2.05) is 43.1 Å². The van der Waals surface area contributed by atoms with Gasteiger partial charge in [-0.15, -0.1) is 0 Å². The number of imide groups is 1. The average molecular weight is 435 g/mol. The van der Waals surface area contributed by atoms with Crippen LogP contribution in [0, 0.1) is 10.1 Å². The Labute approximate surface area is 186 Å². The molecule has 2 aliphatic heterocycles. The zero-order chi connectivity index (χ0) is 23.0. The first-order valence-electron chi connectivity index (χ1n) is 10.4. The fourth-order valence-corrected chi connectivity index (χ4v) is 4.00. The maximum Gasteiger partial charge on any atom is 0.282 e. The third kappa shape index (κ3) is 3.82. The van der Waals surface area contributed by atoms with Crippen molar-refractivity contribution in [1.29, 1.82) is 0 Å². The molecule has 0 aromatic heterocycles. The number of carbonyl (C=O) groups is 2. The normalized spacial score (nSPS) is 17.3. The van der Waals surface area contributed by atoms with Crippen molar-refractivity contribution in [1.82, 2.24) is 9.80 Å². The molecular weight excluding hydrogens is 410 g/mol. The monoisotopic (exact) mass is 435 g/mol. The molecule has 9 heteroatoms. The lowest BCUT2D eigenvalue weighted by Gasteiger charge is -2.34. The number of nitro groups is 1. The Morgan fingerprint density at radius 1 is 0.938 bits per heavy atom. The Bertz CT molecular complexity index is 1100. The van der Waals surface area contributed by atoms with E-state index in [-0.39, 0.29) is 17.2 Å². The van der Waals surface area contributed by atoms with Gasteiger partial charge in [0.1, 0.15) is 5.70 Å². The van der Waals surface area contributed by atoms with E-state index in [2.05, 4.69) is 4.90 Å². The van der Waals surface area contributed by atoms with Crippen LogP contribution in [0.2, 0.25) is 0 Å². The number of rotatable bonds is 5. The molecule has 166 valence electrons. The van der Waals surface area contributed by atoms with Crippen LogP contribution in [0.15, 0.2) is 54.2 Å². The summed E-state index contributed by atoms with van der Waals surface area (Å²) < 4.78 is 0. The van der Waals surface area contributed by atoms with Gasteiger partial charge in [0, 0.05) is 58.1 Å². The molecule has 2 amide bonds. The Morgan fingerprint density at radius 3 is 2.19 bits per heavy atom. The van der Waals surface area contributed by atoms with Crippen molar-refractivity contribution in [2.75, 3.05) is 57.1 Å². The highest BCUT2D eigenvalue weighted by molar-refractivity contribution is 6.45. The highest BCUT2D eigenvalue weighted by Gasteiger charge is 2.43. The molecule has 2 aliphatic rings. The molecule has 0 spiro atoms. The van der Waals surface area contributed by atoms with Gasteiger partial charge in [0.15, 0.2) is 0 Å². The smallest absolute Gasteiger partial charge is 0.282 e. The minimum absolute atomic E-state index is 0.0668. The number of piperazine rings is 1. The van der Waals surface area contributed by atoms with E-state index in [9.17, 15) is 19.7 Å². The SMILES string of the molecule is CN1CCN(C2=C(c3ccc([N+](=O)[O-])cc3)C(=O)N(c3cccc(N(C)C)c3)C2=O)CC1. The van der Waals surface area contributed by atoms with Gasteiger partial charge in [-0.3, -0.25) is 19.7 Å². The number of non-ortho nitro benzene ring substituents is 1. The summed E-state index contributed by atoms with van der Waals surface area (Å²) in [7, 11) is 5.80. The lowest BCUT2D eigenvalue weighted by molar-refractivity contribution is -0.384. The molecule has 2 aromatic rings. The summed E-state index contributed by atoms with van der Waals surface area (Å²) in [5.41, 5.74) is 2.43. The van der Waals surface area contributed by atoms with Crippen LogP contribution in [-0.2, 0) is 9.59 Å². The van der Waals surface area contributed by atoms with Crippen molar-refractivity contribution < 1.29 is 14.5 Å². The van der Waals surface area contributed by atoms with E-state index in [0.29, 0.717) is 30.0 Å². The molecule has 1 saturated heterocycles. The van der Waals surface area contributed by atoms with Gasteiger partial charge in [0.05, 0.1) is 16.2 Å². The van der Waals surface area contributed by atoms with Gasteiger partial charge in [-0.2, -0.15) is 0 Å². The zero-order valence-electron chi connectivity index (χ0n) is 18.3. The number of amides is 2. The largest absolute Gasteiger partial charge is 0.378 e. The van der Waals surface area contributed by atoms with Crippen molar-refractivity contribution in [3.05, 3.63) is 69.9 Å². The van der Waals surface area contributed by atoms with Crippen molar-refractivity contribution in [3.63, 3.8) is 0 Å². The average Bonchev–Trinajstić information content (AvgIpc) is 3.04. The second-order valence-corrected chi connectivity index (χ2v) is 8.18. The number of likely N-dealkylation sites (N-methyl/N-ethyl adjacent to an activating group) is 1. The molecule has 0 bridgehead atoms. The highest BCUT2D eigenvalue weighted by Crippen LogP contribution is 2.36. The van der Waals surface area contributed by atoms with Crippen molar-refractivity contribution in [3.8, 4) is 0 Å². The number of carbonyl (C=O) groups excluding carboxylic acids is 2. The van der Waals surface area contributed by atoms with E-state index in [0.717, 1.165) is 18.8 Å². The first-order valence-corrected chi connectivity index (χ1v) is 10.4. The number of anilines is 2. The molecule has 9 nitrogen and oxygen atoms in total. The molecule has 0 unspecified atom stereocenters. The molecule has 2 heterocycles. The van der Waals surface area contributed by atoms with Crippen LogP contribution < -0.4 is 9.80 Å². The maximum absolute atomic E-state index is 13.6. The fraction of sp³-hybridized carbons (Fsp3) is 0.304. The van der Waals surface area contributed by atoms with Crippen LogP contribution in [0.1, 0.15) is 5.56 Å². The number of benzene rings is 2. The van der Waals surface area contributed by atoms with Crippen LogP contribution in [0.5, 0.6) is 0 Å². The van der Waals surface area contributed by atoms with Gasteiger partial charge in [0.25, 0.3) is 17.5 Å². The lowest BCUT2D eigenvalue weighted by Crippen LogP contribution is -2.46. The second-order valence-electron chi connectivity index (χ2n) is 8.18. The summed E-state index contributed by atoms with van der Waals surface area (Å²) in [6.07, 6.45) is 0. The van der Waals surface area contributed by atoms with Crippen molar-refractivity contribution in [2.45, 2.75) is 0 Å². The standard InChI is InChI=1S/C23H25N5O4/c1-24(2)18-5-4-6-19(15-18)27-22(29)20(16-7-9-17(10-8-16)28(31)32)21(23(27)30)26-13-11-25(3)12-14-26/h4-10,15H,11-14H2,1-3H3. The van der Waals surface area contributed by atoms with Crippen molar-refractivity contribution in [2.24, 2.45) is 0 Å². The second kappa shape index (κ2) is 8.43. The van der Waals surface area contributed by atoms with Crippen molar-refractivity contribution >= 4 is 34.4 Å². The zero-order valence-corrected chi connectivity index (χ0v) is 18.3. The van der Waals surface area contributed by atoms with E-state index in [1.54, 1.807) is 12.1 Å². The van der Waals surface area contributed by atoms with E-state index in [4.69, 9.17) is 0 Å². The van der Waals surface area contributed by atoms with Gasteiger partial charge in [0.2, 0.25) is 0 Å². The number of hydrogen-bond acceptors (Lipinski definition) is 7. The Kier molecular flexibility index (Phi) is 5.67. The van der Waals surface area contributed by atoms with Gasteiger partial charge in [-0.1, -0.05) is 6.07 Å². The Morgan fingerprint density at radius 2 is 1.59 bits per heavy atom. The summed E-state index contributed by atoms with van der Waals surface area (Å²) >= 11 is 0. The summed E-state index contributed by atoms with van der Waals surface area (Å²) in [5.74, 6) is -0.794. The molecule has 0 radical (unpaired) electrons. The molecule has 0 N–H and O–H groups in total. The van der Waals surface area contributed by atoms with Gasteiger partial charge in [-0.25, -0.2) is 4.90 Å². The fourth-order valence-electron chi connectivity index (χ4n) is 4.00. The summed E-state index contributed by atoms with van der Waals surface area (Å²) in [6.45, 7) is 2.78. The van der Waals surface area contributed by atoms with Crippen LogP contribution in [0.3, 0.4) is 0 Å². The predicted octanol–water partition coefficient (Wildman–Crippen LogP) is 2.19. The van der Waals surface area contributed by atoms with Gasteiger partial charge < -0.3 is 14.7 Å². The molecular formula is C23H25N5O4. The molecule has 4 rings (SSSR count). The molecule has 1 fully saturated rings. The summed E-state index contributed by atoms with van der Waals surface area (Å²) in [5, 5.41) is 11.1. The minimum atomic E-state index is -0.486. The number of hydrogen-bond donors (Lipinski definition) is 0. The first-order chi connectivity index (χ1) is 15.3. The van der Waals surface area contributed by atoms with Crippen LogP contribution in [-0.4, -0.2) is 73.9 Å². The van der Waals surface area contributed by atoms with Crippen LogP contribution >= 0.6 is 0 Å². The third-order valence-electron chi connectivity index (χ3n) is 5.85.